The molecule has 0 radical (unpaired) electrons. The van der Waals surface area contributed by atoms with Gasteiger partial charge in [-0.2, -0.15) is 0 Å². The van der Waals surface area contributed by atoms with Gasteiger partial charge in [-0.25, -0.2) is 0 Å². The Balaban J connectivity index is 0.00000363. The lowest BCUT2D eigenvalue weighted by atomic mass is 9.74. The molecule has 0 atom stereocenters. The number of carbonyl (C=O) groups is 1. The second-order valence-electron chi connectivity index (χ2n) is 8.60. The van der Waals surface area contributed by atoms with Gasteiger partial charge in [-0.05, 0) is 56.2 Å². The number of nitrogens with one attached hydrogen (secondary N) is 2. The molecule has 3 rings (SSSR count). The largest absolute Gasteiger partial charge is 0.497 e. The number of likely N-dealkylation sites (tertiary alicyclic amines) is 1. The fraction of sp³-hybridized carbons (Fsp3) is 0.667. The van der Waals surface area contributed by atoms with Crippen molar-refractivity contribution in [2.24, 2.45) is 10.9 Å². The van der Waals surface area contributed by atoms with E-state index in [0.717, 1.165) is 76.8 Å². The van der Waals surface area contributed by atoms with Gasteiger partial charge in [0, 0.05) is 51.7 Å². The minimum Gasteiger partial charge on any atom is -0.497 e. The zero-order valence-electron chi connectivity index (χ0n) is 19.7. The number of piperidine rings is 1. The first-order valence-electron chi connectivity index (χ1n) is 11.6. The number of nitrogens with zero attached hydrogens (tertiary/aromatic N) is 2. The molecule has 180 valence electrons. The van der Waals surface area contributed by atoms with Crippen LogP contribution in [0.25, 0.3) is 0 Å². The quantitative estimate of drug-likeness (QED) is 0.306. The van der Waals surface area contributed by atoms with Crippen molar-refractivity contribution in [1.82, 2.24) is 15.5 Å². The standard InChI is InChI=1S/C24H38N4O3.HI/c1-4-26-23(28-13-9-19(10-14-28)17-22(29)25-2)27-18-24(11-15-31-16-12-24)20-5-7-21(30-3)8-6-20;/h5-8,19H,4,9-18H2,1-3H3,(H,25,29)(H,26,27);1H. The number of hydrogen-bond acceptors (Lipinski definition) is 4. The molecule has 0 spiro atoms. The lowest BCUT2D eigenvalue weighted by molar-refractivity contribution is -0.121. The Labute approximate surface area is 209 Å². The first-order valence-corrected chi connectivity index (χ1v) is 11.6. The summed E-state index contributed by atoms with van der Waals surface area (Å²) in [7, 11) is 3.41. The Morgan fingerprint density at radius 3 is 2.44 bits per heavy atom. The lowest BCUT2D eigenvalue weighted by Crippen LogP contribution is -2.47. The van der Waals surface area contributed by atoms with E-state index in [1.165, 1.54) is 5.56 Å². The molecule has 0 saturated carbocycles. The number of aliphatic imine (C=N–C) groups is 1. The Morgan fingerprint density at radius 2 is 1.88 bits per heavy atom. The predicted molar refractivity (Wildman–Crippen MR) is 139 cm³/mol. The van der Waals surface area contributed by atoms with Crippen LogP contribution >= 0.6 is 24.0 Å². The fourth-order valence-corrected chi connectivity index (χ4v) is 4.61. The zero-order valence-corrected chi connectivity index (χ0v) is 22.0. The van der Waals surface area contributed by atoms with Crippen LogP contribution in [0.4, 0.5) is 0 Å². The van der Waals surface area contributed by atoms with Crippen LogP contribution in [0.3, 0.4) is 0 Å². The highest BCUT2D eigenvalue weighted by molar-refractivity contribution is 14.0. The second-order valence-corrected chi connectivity index (χ2v) is 8.60. The molecule has 2 fully saturated rings. The molecule has 2 saturated heterocycles. The van der Waals surface area contributed by atoms with E-state index in [-0.39, 0.29) is 35.3 Å². The van der Waals surface area contributed by atoms with Crippen molar-refractivity contribution >= 4 is 35.8 Å². The molecule has 0 aromatic heterocycles. The predicted octanol–water partition coefficient (Wildman–Crippen LogP) is 3.18. The zero-order chi connectivity index (χ0) is 22.1. The third-order valence-electron chi connectivity index (χ3n) is 6.69. The van der Waals surface area contributed by atoms with Gasteiger partial charge in [0.2, 0.25) is 5.91 Å². The number of benzene rings is 1. The van der Waals surface area contributed by atoms with Crippen molar-refractivity contribution in [3.8, 4) is 5.75 Å². The van der Waals surface area contributed by atoms with E-state index >= 15 is 0 Å². The van der Waals surface area contributed by atoms with Crippen LogP contribution in [-0.4, -0.2) is 70.3 Å². The number of hydrogen-bond donors (Lipinski definition) is 2. The van der Waals surface area contributed by atoms with Gasteiger partial charge in [0.1, 0.15) is 5.75 Å². The van der Waals surface area contributed by atoms with Gasteiger partial charge < -0.3 is 25.0 Å². The summed E-state index contributed by atoms with van der Waals surface area (Å²) >= 11 is 0. The van der Waals surface area contributed by atoms with E-state index in [1.54, 1.807) is 14.2 Å². The smallest absolute Gasteiger partial charge is 0.220 e. The molecule has 1 aromatic carbocycles. The van der Waals surface area contributed by atoms with Crippen LogP contribution in [0.1, 0.15) is 44.6 Å². The second kappa shape index (κ2) is 13.2. The van der Waals surface area contributed by atoms with Crippen LogP contribution in [0.5, 0.6) is 5.75 Å². The number of methoxy groups -OCH3 is 1. The maximum absolute atomic E-state index is 11.7. The minimum atomic E-state index is -0.0112. The number of guanidine groups is 1. The van der Waals surface area contributed by atoms with Crippen LogP contribution in [0, 0.1) is 5.92 Å². The SMILES string of the molecule is CCNC(=NCC1(c2ccc(OC)cc2)CCOCC1)N1CCC(CC(=O)NC)CC1.I. The minimum absolute atomic E-state index is 0. The number of carbonyl (C=O) groups excluding carboxylic acids is 1. The van der Waals surface area contributed by atoms with Crippen molar-refractivity contribution in [2.75, 3.05) is 53.6 Å². The van der Waals surface area contributed by atoms with Crippen LogP contribution < -0.4 is 15.4 Å². The summed E-state index contributed by atoms with van der Waals surface area (Å²) in [6.45, 7) is 7.10. The normalized spacial score (nSPS) is 19.1. The molecule has 1 aromatic rings. The summed E-state index contributed by atoms with van der Waals surface area (Å²) in [5.41, 5.74) is 1.29. The first-order chi connectivity index (χ1) is 15.1. The molecule has 0 unspecified atom stereocenters. The molecule has 2 aliphatic heterocycles. The maximum Gasteiger partial charge on any atom is 0.220 e. The average molecular weight is 559 g/mol. The van der Waals surface area contributed by atoms with E-state index < -0.39 is 0 Å². The van der Waals surface area contributed by atoms with Gasteiger partial charge in [-0.1, -0.05) is 12.1 Å². The Kier molecular flexibility index (Phi) is 11.0. The van der Waals surface area contributed by atoms with Crippen molar-refractivity contribution in [1.29, 1.82) is 0 Å². The number of amides is 1. The van der Waals surface area contributed by atoms with E-state index in [0.29, 0.717) is 12.3 Å². The molecule has 2 heterocycles. The van der Waals surface area contributed by atoms with E-state index in [1.807, 2.05) is 12.1 Å². The molecule has 0 aliphatic carbocycles. The van der Waals surface area contributed by atoms with Gasteiger partial charge >= 0.3 is 0 Å². The summed E-state index contributed by atoms with van der Waals surface area (Å²) in [6.07, 6.45) is 4.61. The Bertz CT molecular complexity index is 727. The highest BCUT2D eigenvalue weighted by atomic mass is 127. The molecule has 0 bridgehead atoms. The monoisotopic (exact) mass is 558 g/mol. The van der Waals surface area contributed by atoms with E-state index in [2.05, 4.69) is 34.6 Å². The van der Waals surface area contributed by atoms with Crippen molar-refractivity contribution in [3.05, 3.63) is 29.8 Å². The molecular weight excluding hydrogens is 519 g/mol. The highest BCUT2D eigenvalue weighted by Crippen LogP contribution is 2.36. The molecule has 7 nitrogen and oxygen atoms in total. The highest BCUT2D eigenvalue weighted by Gasteiger charge is 2.35. The van der Waals surface area contributed by atoms with Crippen molar-refractivity contribution in [3.63, 3.8) is 0 Å². The van der Waals surface area contributed by atoms with Crippen LogP contribution in [-0.2, 0) is 14.9 Å². The van der Waals surface area contributed by atoms with E-state index in [4.69, 9.17) is 14.5 Å². The number of rotatable bonds is 7. The Morgan fingerprint density at radius 1 is 1.22 bits per heavy atom. The summed E-state index contributed by atoms with van der Waals surface area (Å²) in [5.74, 6) is 2.46. The number of ether oxygens (including phenoxy) is 2. The van der Waals surface area contributed by atoms with Gasteiger partial charge in [0.15, 0.2) is 5.96 Å². The fourth-order valence-electron chi connectivity index (χ4n) is 4.61. The molecular formula is C24H39IN4O3. The molecule has 1 amide bonds. The molecule has 2 N–H and O–H groups in total. The molecule has 8 heteroatoms. The van der Waals surface area contributed by atoms with E-state index in [9.17, 15) is 4.79 Å². The molecule has 2 aliphatic rings. The lowest BCUT2D eigenvalue weighted by Gasteiger charge is -2.38. The summed E-state index contributed by atoms with van der Waals surface area (Å²) in [5, 5.41) is 6.23. The molecule has 32 heavy (non-hydrogen) atoms. The third kappa shape index (κ3) is 6.97. The topological polar surface area (TPSA) is 75.2 Å². The van der Waals surface area contributed by atoms with Gasteiger partial charge in [0.05, 0.1) is 13.7 Å². The summed E-state index contributed by atoms with van der Waals surface area (Å²) in [6, 6.07) is 8.44. The Hall–Kier alpha value is -1.55. The van der Waals surface area contributed by atoms with Crippen LogP contribution in [0.2, 0.25) is 0 Å². The van der Waals surface area contributed by atoms with Crippen molar-refractivity contribution in [2.45, 2.75) is 44.4 Å². The number of halogens is 1. The maximum atomic E-state index is 11.7. The van der Waals surface area contributed by atoms with Gasteiger partial charge in [-0.15, -0.1) is 24.0 Å². The first kappa shape index (κ1) is 26.7. The summed E-state index contributed by atoms with van der Waals surface area (Å²) < 4.78 is 11.0. The van der Waals surface area contributed by atoms with Crippen LogP contribution in [0.15, 0.2) is 29.3 Å². The van der Waals surface area contributed by atoms with Gasteiger partial charge in [0.25, 0.3) is 0 Å². The van der Waals surface area contributed by atoms with Gasteiger partial charge in [-0.3, -0.25) is 9.79 Å². The van der Waals surface area contributed by atoms with Crippen molar-refractivity contribution < 1.29 is 14.3 Å². The summed E-state index contributed by atoms with van der Waals surface area (Å²) in [4.78, 5) is 19.2. The third-order valence-corrected chi connectivity index (χ3v) is 6.69. The average Bonchev–Trinajstić information content (AvgIpc) is 2.83.